The van der Waals surface area contributed by atoms with Crippen molar-refractivity contribution in [3.05, 3.63) is 89.8 Å². The van der Waals surface area contributed by atoms with E-state index in [1.54, 1.807) is 11.8 Å². The first-order valence-corrected chi connectivity index (χ1v) is 10.9. The number of fused-ring (bicyclic) bond motifs is 2. The van der Waals surface area contributed by atoms with E-state index >= 15 is 0 Å². The van der Waals surface area contributed by atoms with Crippen LogP contribution in [0.15, 0.2) is 70.1 Å². The molecule has 2 aromatic rings. The number of carbonyl (C=O) groups is 2. The van der Waals surface area contributed by atoms with E-state index in [9.17, 15) is 9.59 Å². The fraction of sp³-hybridized carbons (Fsp3) is 0.200. The summed E-state index contributed by atoms with van der Waals surface area (Å²) in [6.07, 6.45) is 0.874. The summed E-state index contributed by atoms with van der Waals surface area (Å²) >= 11 is 1.59. The minimum absolute atomic E-state index is 0.0282. The molecule has 0 atom stereocenters. The molecule has 1 N–H and O–H groups in total. The normalized spacial score (nSPS) is 13.1. The van der Waals surface area contributed by atoms with Gasteiger partial charge >= 0.3 is 5.97 Å². The van der Waals surface area contributed by atoms with Gasteiger partial charge in [0.2, 0.25) is 5.57 Å². The lowest BCUT2D eigenvalue weighted by Gasteiger charge is -2.24. The maximum Gasteiger partial charge on any atom is 0.448 e. The summed E-state index contributed by atoms with van der Waals surface area (Å²) in [6, 6.07) is 13.4. The fourth-order valence-corrected chi connectivity index (χ4v) is 4.17. The highest BCUT2D eigenvalue weighted by Crippen LogP contribution is 2.47. The Kier molecular flexibility index (Phi) is 7.63. The first kappa shape index (κ1) is 23.0. The molecule has 6 nitrogen and oxygen atoms in total. The van der Waals surface area contributed by atoms with Crippen LogP contribution >= 0.6 is 11.8 Å². The van der Waals surface area contributed by atoms with E-state index in [1.165, 1.54) is 0 Å². The molecule has 7 heteroatoms. The summed E-state index contributed by atoms with van der Waals surface area (Å²) in [5.74, 6) is -0.477. The largest absolute Gasteiger partial charge is 0.494 e. The van der Waals surface area contributed by atoms with Crippen LogP contribution in [-0.4, -0.2) is 31.6 Å². The topological polar surface area (TPSA) is 69.0 Å². The molecular weight excluding hydrogens is 424 g/mol. The van der Waals surface area contributed by atoms with Crippen LogP contribution in [0.4, 0.5) is 0 Å². The van der Waals surface area contributed by atoms with Crippen molar-refractivity contribution in [2.45, 2.75) is 23.1 Å². The predicted molar refractivity (Wildman–Crippen MR) is 124 cm³/mol. The van der Waals surface area contributed by atoms with Crippen LogP contribution in [0, 0.1) is 13.5 Å². The average Bonchev–Trinajstić information content (AvgIpc) is 2.80. The van der Waals surface area contributed by atoms with Crippen LogP contribution in [-0.2, 0) is 14.3 Å². The summed E-state index contributed by atoms with van der Waals surface area (Å²) in [4.78, 5) is 29.9. The Labute approximate surface area is 192 Å². The number of carbonyl (C=O) groups excluding carboxylic acids is 2. The number of hydrogen-bond acceptors (Lipinski definition) is 5. The van der Waals surface area contributed by atoms with Gasteiger partial charge in [-0.3, -0.25) is 4.79 Å². The van der Waals surface area contributed by atoms with E-state index < -0.39 is 11.9 Å². The van der Waals surface area contributed by atoms with E-state index in [1.807, 2.05) is 49.4 Å². The van der Waals surface area contributed by atoms with Crippen molar-refractivity contribution in [1.82, 2.24) is 5.32 Å². The lowest BCUT2D eigenvalue weighted by Crippen LogP contribution is -2.29. The number of ether oxygens (including phenoxy) is 2. The first-order chi connectivity index (χ1) is 15.5. The lowest BCUT2D eigenvalue weighted by molar-refractivity contribution is -0.138. The molecule has 0 aromatic heterocycles. The van der Waals surface area contributed by atoms with Gasteiger partial charge in [-0.25, -0.2) is 4.85 Å². The molecule has 162 valence electrons. The van der Waals surface area contributed by atoms with Gasteiger partial charge in [0.05, 0.1) is 19.7 Å². The van der Waals surface area contributed by atoms with E-state index in [4.69, 9.17) is 16.0 Å². The van der Waals surface area contributed by atoms with Crippen molar-refractivity contribution in [3.63, 3.8) is 0 Å². The van der Waals surface area contributed by atoms with Crippen molar-refractivity contribution in [2.75, 3.05) is 19.8 Å². The maximum atomic E-state index is 12.9. The number of nitrogens with zero attached hydrogens (tertiary/aromatic N) is 1. The Balaban J connectivity index is 1.95. The Morgan fingerprint density at radius 1 is 1.16 bits per heavy atom. The molecule has 0 bridgehead atoms. The van der Waals surface area contributed by atoms with E-state index in [0.29, 0.717) is 17.9 Å². The molecule has 0 unspecified atom stereocenters. The van der Waals surface area contributed by atoms with Gasteiger partial charge in [-0.1, -0.05) is 36.9 Å². The molecular formula is C25H23N2O4S+. The van der Waals surface area contributed by atoms with Crippen LogP contribution in [0.3, 0.4) is 0 Å². The highest BCUT2D eigenvalue weighted by molar-refractivity contribution is 7.99. The molecule has 32 heavy (non-hydrogen) atoms. The van der Waals surface area contributed by atoms with Gasteiger partial charge in [0, 0.05) is 28.9 Å². The van der Waals surface area contributed by atoms with Crippen molar-refractivity contribution in [1.29, 1.82) is 0 Å². The van der Waals surface area contributed by atoms with Gasteiger partial charge in [0.15, 0.2) is 0 Å². The van der Waals surface area contributed by atoms with Crippen LogP contribution in [0.5, 0.6) is 5.75 Å². The molecule has 0 radical (unpaired) electrons. The standard InChI is InChI=1S/C25H22N2O4S/c1-5-13-30-17-10-11-21-19(15-17)22(18-8-6-7-9-20(18)32-21)23(26-4)24(28)27-12-14-31-25(29)16(2)3/h6-11,15H,2-3,5,12-14H2,1H3/p+1/b23-22+. The number of rotatable bonds is 8. The molecule has 0 saturated heterocycles. The Morgan fingerprint density at radius 3 is 2.62 bits per heavy atom. The Bertz CT molecular complexity index is 1130. The molecule has 1 heterocycles. The molecule has 3 rings (SSSR count). The first-order valence-electron chi connectivity index (χ1n) is 10.1. The molecule has 0 fully saturated rings. The van der Waals surface area contributed by atoms with Gasteiger partial charge in [0.25, 0.3) is 11.6 Å². The molecule has 2 aromatic carbocycles. The van der Waals surface area contributed by atoms with E-state index in [-0.39, 0.29) is 24.4 Å². The summed E-state index contributed by atoms with van der Waals surface area (Å²) in [5.41, 5.74) is 2.17. The minimum Gasteiger partial charge on any atom is -0.494 e. The maximum absolute atomic E-state index is 12.9. The molecule has 1 amide bonds. The predicted octanol–water partition coefficient (Wildman–Crippen LogP) is 4.67. The molecule has 1 aliphatic rings. The highest BCUT2D eigenvalue weighted by Gasteiger charge is 2.27. The monoisotopic (exact) mass is 447 g/mol. The third kappa shape index (κ3) is 5.16. The molecule has 0 saturated carbocycles. The van der Waals surface area contributed by atoms with Gasteiger partial charge in [-0.05, 0) is 41.8 Å². The third-order valence-electron chi connectivity index (χ3n) is 4.54. The quantitative estimate of drug-likeness (QED) is 0.235. The highest BCUT2D eigenvalue weighted by atomic mass is 32.2. The lowest BCUT2D eigenvalue weighted by atomic mass is 9.94. The zero-order chi connectivity index (χ0) is 23.1. The van der Waals surface area contributed by atoms with Gasteiger partial charge in [-0.2, -0.15) is 4.79 Å². The number of benzene rings is 2. The van der Waals surface area contributed by atoms with Crippen LogP contribution < -0.4 is 10.1 Å². The summed E-state index contributed by atoms with van der Waals surface area (Å²) in [7, 11) is 0. The molecule has 0 spiro atoms. The zero-order valence-electron chi connectivity index (χ0n) is 17.8. The SMILES string of the molecule is [C-]#[N+]/C(C(=O)NCCOC(=O)C(=C)[CH2+])=C1\c2ccccc2Sc2ccc(OCCC)cc21. The summed E-state index contributed by atoms with van der Waals surface area (Å²) in [5, 5.41) is 2.66. The van der Waals surface area contributed by atoms with Crippen LogP contribution in [0.25, 0.3) is 10.4 Å². The van der Waals surface area contributed by atoms with Crippen LogP contribution in [0.1, 0.15) is 24.5 Å². The van der Waals surface area contributed by atoms with Crippen molar-refractivity contribution >= 4 is 29.2 Å². The Hall–Kier alpha value is -3.63. The summed E-state index contributed by atoms with van der Waals surface area (Å²) in [6.45, 7) is 17.2. The second-order valence-corrected chi connectivity index (χ2v) is 8.02. The van der Waals surface area contributed by atoms with Gasteiger partial charge in [0.1, 0.15) is 12.4 Å². The smallest absolute Gasteiger partial charge is 0.448 e. The fourth-order valence-electron chi connectivity index (χ4n) is 3.10. The third-order valence-corrected chi connectivity index (χ3v) is 5.69. The van der Waals surface area contributed by atoms with Crippen molar-refractivity contribution in [2.24, 2.45) is 0 Å². The van der Waals surface area contributed by atoms with Gasteiger partial charge in [-0.15, -0.1) is 0 Å². The minimum atomic E-state index is -0.630. The number of nitrogens with one attached hydrogen (secondary N) is 1. The summed E-state index contributed by atoms with van der Waals surface area (Å²) < 4.78 is 10.7. The molecule has 1 aliphatic heterocycles. The number of amides is 1. The van der Waals surface area contributed by atoms with Gasteiger partial charge < -0.3 is 14.8 Å². The zero-order valence-corrected chi connectivity index (χ0v) is 18.6. The number of hydrogen-bond donors (Lipinski definition) is 1. The van der Waals surface area contributed by atoms with Crippen LogP contribution in [0.2, 0.25) is 0 Å². The second kappa shape index (κ2) is 10.6. The van der Waals surface area contributed by atoms with Crippen molar-refractivity contribution < 1.29 is 19.1 Å². The number of esters is 1. The second-order valence-electron chi connectivity index (χ2n) is 6.94. The Morgan fingerprint density at radius 2 is 1.91 bits per heavy atom. The van der Waals surface area contributed by atoms with Crippen molar-refractivity contribution in [3.8, 4) is 5.75 Å². The molecule has 0 aliphatic carbocycles. The average molecular weight is 448 g/mol. The van der Waals surface area contributed by atoms with E-state index in [0.717, 1.165) is 27.3 Å². The van der Waals surface area contributed by atoms with E-state index in [2.05, 4.69) is 23.7 Å².